The van der Waals surface area contributed by atoms with E-state index >= 15 is 0 Å². The molecule has 2 N–H and O–H groups in total. The van der Waals surface area contributed by atoms with Gasteiger partial charge in [0.2, 0.25) is 0 Å². The molecule has 1 atom stereocenters. The minimum atomic E-state index is -0.689. The van der Waals surface area contributed by atoms with E-state index < -0.39 is 11.9 Å². The van der Waals surface area contributed by atoms with Gasteiger partial charge in [-0.05, 0) is 43.2 Å². The second-order valence-corrected chi connectivity index (χ2v) is 4.36. The minimum absolute atomic E-state index is 0.355. The first kappa shape index (κ1) is 12.6. The third-order valence-electron chi connectivity index (χ3n) is 2.86. The highest BCUT2D eigenvalue weighted by molar-refractivity contribution is 5.37. The number of nitrogens with zero attached hydrogens (tertiary/aromatic N) is 1. The Kier molecular flexibility index (Phi) is 3.39. The molecule has 0 saturated carbocycles. The van der Waals surface area contributed by atoms with Gasteiger partial charge in [0, 0.05) is 5.56 Å². The lowest BCUT2D eigenvalue weighted by atomic mass is 9.96. The van der Waals surface area contributed by atoms with Crippen LogP contribution in [0.25, 0.3) is 0 Å². The van der Waals surface area contributed by atoms with E-state index in [-0.39, 0.29) is 5.82 Å². The number of benzene rings is 1. The molecule has 0 amide bonds. The molecule has 2 nitrogen and oxygen atoms in total. The lowest BCUT2D eigenvalue weighted by Crippen LogP contribution is -2.16. The van der Waals surface area contributed by atoms with Gasteiger partial charge in [-0.3, -0.25) is 4.98 Å². The summed E-state index contributed by atoms with van der Waals surface area (Å²) in [5, 5.41) is 0. The average molecular weight is 248 g/mol. The summed E-state index contributed by atoms with van der Waals surface area (Å²) in [7, 11) is 0. The van der Waals surface area contributed by atoms with Crippen LogP contribution in [0.1, 0.15) is 28.4 Å². The summed E-state index contributed by atoms with van der Waals surface area (Å²) in [4.78, 5) is 3.89. The molecular formula is C14H14F2N2. The SMILES string of the molecule is Cc1cc(C)c(C(N)c2ccc(F)cn2)c(F)c1. The van der Waals surface area contributed by atoms with Crippen molar-refractivity contribution in [1.82, 2.24) is 4.98 Å². The molecule has 0 fully saturated rings. The number of hydrogen-bond donors (Lipinski definition) is 1. The van der Waals surface area contributed by atoms with Crippen LogP contribution >= 0.6 is 0 Å². The summed E-state index contributed by atoms with van der Waals surface area (Å²) in [6, 6.07) is 5.35. The van der Waals surface area contributed by atoms with E-state index in [1.54, 1.807) is 6.92 Å². The number of aromatic nitrogens is 1. The molecule has 94 valence electrons. The predicted molar refractivity (Wildman–Crippen MR) is 66.1 cm³/mol. The molecule has 1 aromatic heterocycles. The number of nitrogens with two attached hydrogens (primary N) is 1. The minimum Gasteiger partial charge on any atom is -0.319 e. The van der Waals surface area contributed by atoms with Crippen molar-refractivity contribution >= 4 is 0 Å². The van der Waals surface area contributed by atoms with Crippen molar-refractivity contribution in [3.8, 4) is 0 Å². The Morgan fingerprint density at radius 1 is 1.17 bits per heavy atom. The zero-order chi connectivity index (χ0) is 13.3. The third kappa shape index (κ3) is 2.38. The second-order valence-electron chi connectivity index (χ2n) is 4.36. The smallest absolute Gasteiger partial charge is 0.141 e. The molecule has 0 radical (unpaired) electrons. The Hall–Kier alpha value is -1.81. The van der Waals surface area contributed by atoms with Crippen molar-refractivity contribution in [2.75, 3.05) is 0 Å². The number of pyridine rings is 1. The van der Waals surface area contributed by atoms with Crippen molar-refractivity contribution in [2.24, 2.45) is 5.73 Å². The first-order valence-corrected chi connectivity index (χ1v) is 5.62. The van der Waals surface area contributed by atoms with Gasteiger partial charge in [0.05, 0.1) is 17.9 Å². The summed E-state index contributed by atoms with van der Waals surface area (Å²) in [6.07, 6.45) is 1.08. The zero-order valence-corrected chi connectivity index (χ0v) is 10.2. The summed E-state index contributed by atoms with van der Waals surface area (Å²) in [6.45, 7) is 3.62. The van der Waals surface area contributed by atoms with E-state index in [1.165, 1.54) is 18.2 Å². The Morgan fingerprint density at radius 3 is 2.44 bits per heavy atom. The van der Waals surface area contributed by atoms with E-state index in [2.05, 4.69) is 4.98 Å². The van der Waals surface area contributed by atoms with Gasteiger partial charge in [-0.2, -0.15) is 0 Å². The second kappa shape index (κ2) is 4.82. The fourth-order valence-corrected chi connectivity index (χ4v) is 2.04. The van der Waals surface area contributed by atoms with E-state index in [0.717, 1.165) is 17.3 Å². The van der Waals surface area contributed by atoms with Gasteiger partial charge >= 0.3 is 0 Å². The van der Waals surface area contributed by atoms with Crippen molar-refractivity contribution < 1.29 is 8.78 Å². The Morgan fingerprint density at radius 2 is 1.89 bits per heavy atom. The maximum atomic E-state index is 13.9. The normalized spacial score (nSPS) is 12.5. The molecule has 4 heteroatoms. The van der Waals surface area contributed by atoms with Gasteiger partial charge in [0.15, 0.2) is 0 Å². The maximum Gasteiger partial charge on any atom is 0.141 e. The van der Waals surface area contributed by atoms with Gasteiger partial charge in [-0.1, -0.05) is 6.07 Å². The Labute approximate surface area is 104 Å². The predicted octanol–water partition coefficient (Wildman–Crippen LogP) is 3.02. The molecule has 18 heavy (non-hydrogen) atoms. The zero-order valence-electron chi connectivity index (χ0n) is 10.2. The molecular weight excluding hydrogens is 234 g/mol. The highest BCUT2D eigenvalue weighted by Gasteiger charge is 2.17. The molecule has 2 aromatic rings. The Balaban J connectivity index is 2.46. The molecule has 0 aliphatic rings. The molecule has 0 spiro atoms. The molecule has 0 aliphatic carbocycles. The van der Waals surface area contributed by atoms with Gasteiger partial charge < -0.3 is 5.73 Å². The standard InChI is InChI=1S/C14H14F2N2/c1-8-5-9(2)13(11(16)6-8)14(17)12-4-3-10(15)7-18-12/h3-7,14H,17H2,1-2H3. The monoisotopic (exact) mass is 248 g/mol. The first-order valence-electron chi connectivity index (χ1n) is 5.62. The van der Waals surface area contributed by atoms with Crippen LogP contribution < -0.4 is 5.73 Å². The van der Waals surface area contributed by atoms with Crippen LogP contribution in [0.4, 0.5) is 8.78 Å². The largest absolute Gasteiger partial charge is 0.319 e. The van der Waals surface area contributed by atoms with Crippen molar-refractivity contribution in [2.45, 2.75) is 19.9 Å². The lowest BCUT2D eigenvalue weighted by molar-refractivity contribution is 0.590. The first-order chi connectivity index (χ1) is 8.49. The molecule has 0 saturated heterocycles. The van der Waals surface area contributed by atoms with Crippen LogP contribution in [0.15, 0.2) is 30.5 Å². The number of hydrogen-bond acceptors (Lipinski definition) is 2. The van der Waals surface area contributed by atoms with Gasteiger partial charge in [0.25, 0.3) is 0 Å². The molecule has 0 bridgehead atoms. The van der Waals surface area contributed by atoms with E-state index in [9.17, 15) is 8.78 Å². The average Bonchev–Trinajstić information content (AvgIpc) is 2.28. The molecule has 1 aromatic carbocycles. The van der Waals surface area contributed by atoms with E-state index in [0.29, 0.717) is 11.3 Å². The fraction of sp³-hybridized carbons (Fsp3) is 0.214. The Bertz CT molecular complexity index is 542. The van der Waals surface area contributed by atoms with Crippen LogP contribution in [0.3, 0.4) is 0 Å². The van der Waals surface area contributed by atoms with Gasteiger partial charge in [0.1, 0.15) is 11.6 Å². The van der Waals surface area contributed by atoms with Crippen LogP contribution in [-0.4, -0.2) is 4.98 Å². The van der Waals surface area contributed by atoms with Crippen LogP contribution in [-0.2, 0) is 0 Å². The molecule has 1 heterocycles. The van der Waals surface area contributed by atoms with Crippen molar-refractivity contribution in [3.63, 3.8) is 0 Å². The highest BCUT2D eigenvalue weighted by atomic mass is 19.1. The molecule has 2 rings (SSSR count). The number of aryl methyl sites for hydroxylation is 2. The van der Waals surface area contributed by atoms with Crippen LogP contribution in [0.2, 0.25) is 0 Å². The topological polar surface area (TPSA) is 38.9 Å². The number of rotatable bonds is 2. The fourth-order valence-electron chi connectivity index (χ4n) is 2.04. The molecule has 0 aliphatic heterocycles. The van der Waals surface area contributed by atoms with Gasteiger partial charge in [-0.15, -0.1) is 0 Å². The van der Waals surface area contributed by atoms with Crippen molar-refractivity contribution in [3.05, 3.63) is 64.5 Å². The van der Waals surface area contributed by atoms with E-state index in [4.69, 9.17) is 5.73 Å². The summed E-state index contributed by atoms with van der Waals surface area (Å²) < 4.78 is 26.7. The van der Waals surface area contributed by atoms with Crippen LogP contribution in [0.5, 0.6) is 0 Å². The summed E-state index contributed by atoms with van der Waals surface area (Å²) >= 11 is 0. The number of halogens is 2. The van der Waals surface area contributed by atoms with Crippen LogP contribution in [0, 0.1) is 25.5 Å². The highest BCUT2D eigenvalue weighted by Crippen LogP contribution is 2.25. The summed E-state index contributed by atoms with van der Waals surface area (Å²) in [5.41, 5.74) is 8.45. The van der Waals surface area contributed by atoms with E-state index in [1.807, 2.05) is 13.0 Å². The molecule has 1 unspecified atom stereocenters. The third-order valence-corrected chi connectivity index (χ3v) is 2.86. The van der Waals surface area contributed by atoms with Gasteiger partial charge in [-0.25, -0.2) is 8.78 Å². The maximum absolute atomic E-state index is 13.9. The quantitative estimate of drug-likeness (QED) is 0.887. The summed E-state index contributed by atoms with van der Waals surface area (Å²) in [5.74, 6) is -0.793. The van der Waals surface area contributed by atoms with Crippen molar-refractivity contribution in [1.29, 1.82) is 0 Å². The lowest BCUT2D eigenvalue weighted by Gasteiger charge is -2.16.